The van der Waals surface area contributed by atoms with E-state index in [1.54, 1.807) is 0 Å². The van der Waals surface area contributed by atoms with Crippen LogP contribution in [0.4, 0.5) is 13.6 Å². The molecule has 0 bridgehead atoms. The van der Waals surface area contributed by atoms with Gasteiger partial charge in [-0.3, -0.25) is 9.88 Å². The molecule has 0 spiro atoms. The van der Waals surface area contributed by atoms with Gasteiger partial charge in [0.25, 0.3) is 0 Å². The van der Waals surface area contributed by atoms with Gasteiger partial charge in [0, 0.05) is 54.7 Å². The highest BCUT2D eigenvalue weighted by atomic mass is 19.2. The first-order chi connectivity index (χ1) is 17.0. The van der Waals surface area contributed by atoms with Crippen LogP contribution in [0.2, 0.25) is 0 Å². The van der Waals surface area contributed by atoms with E-state index in [9.17, 15) is 18.4 Å². The quantitative estimate of drug-likeness (QED) is 0.613. The highest BCUT2D eigenvalue weighted by molar-refractivity contribution is 5.82. The average Bonchev–Trinajstić information content (AvgIpc) is 3.34. The van der Waals surface area contributed by atoms with Gasteiger partial charge in [-0.15, -0.1) is 0 Å². The molecule has 1 aliphatic heterocycles. The Morgan fingerprint density at radius 3 is 2.51 bits per heavy atom. The first-order valence-corrected chi connectivity index (χ1v) is 12.0. The molecule has 9 heteroatoms. The molecule has 2 fully saturated rings. The molecule has 1 amide bonds. The van der Waals surface area contributed by atoms with Crippen LogP contribution in [0, 0.1) is 11.6 Å². The van der Waals surface area contributed by atoms with Crippen molar-refractivity contribution in [1.29, 1.82) is 0 Å². The summed E-state index contributed by atoms with van der Waals surface area (Å²) in [4.78, 5) is 36.1. The molecule has 1 N–H and O–H groups in total. The van der Waals surface area contributed by atoms with Crippen LogP contribution in [0.5, 0.6) is 0 Å². The third-order valence-corrected chi connectivity index (χ3v) is 7.13. The Hall–Kier alpha value is -3.46. The van der Waals surface area contributed by atoms with E-state index in [0.717, 1.165) is 61.0 Å². The molecule has 2 aliphatic rings. The van der Waals surface area contributed by atoms with Gasteiger partial charge >= 0.3 is 11.7 Å². The standard InChI is InChI=1S/C26H27F2N5O2/c27-21-9-6-18(15-22(21)28)24-10-13-30-25(34)33(24)26(35)31-19-11-14-32(16-19)20-7-4-17(5-8-20)23-3-1-2-12-29-23/h1-3,6,9-10,12-13,15,17,19-20H,4-5,7-8,11,14,16H2,(H,31,35)/t17?,19-,20?/m1/s1. The zero-order chi connectivity index (χ0) is 24.4. The maximum absolute atomic E-state index is 13.8. The number of amides is 1. The van der Waals surface area contributed by atoms with E-state index < -0.39 is 23.4 Å². The minimum absolute atomic E-state index is 0.110. The van der Waals surface area contributed by atoms with Crippen LogP contribution >= 0.6 is 0 Å². The van der Waals surface area contributed by atoms with Gasteiger partial charge in [0.15, 0.2) is 11.6 Å². The van der Waals surface area contributed by atoms with Gasteiger partial charge in [-0.1, -0.05) is 6.07 Å². The summed E-state index contributed by atoms with van der Waals surface area (Å²) in [5.74, 6) is -1.55. The number of nitrogens with one attached hydrogen (secondary N) is 1. The molecular weight excluding hydrogens is 452 g/mol. The normalized spacial score (nSPS) is 22.7. The fourth-order valence-electron chi connectivity index (χ4n) is 5.31. The molecule has 1 aromatic carbocycles. The van der Waals surface area contributed by atoms with E-state index in [0.29, 0.717) is 18.5 Å². The Labute approximate surface area is 201 Å². The lowest BCUT2D eigenvalue weighted by Gasteiger charge is -2.34. The van der Waals surface area contributed by atoms with Crippen molar-refractivity contribution in [2.45, 2.75) is 50.1 Å². The van der Waals surface area contributed by atoms with Crippen LogP contribution in [0.1, 0.15) is 43.7 Å². The van der Waals surface area contributed by atoms with Crippen molar-refractivity contribution in [2.75, 3.05) is 13.1 Å². The molecule has 3 aromatic rings. The number of likely N-dealkylation sites (tertiary alicyclic amines) is 1. The van der Waals surface area contributed by atoms with E-state index in [1.807, 2.05) is 18.3 Å². The van der Waals surface area contributed by atoms with Crippen molar-refractivity contribution in [3.63, 3.8) is 0 Å². The van der Waals surface area contributed by atoms with Crippen molar-refractivity contribution in [3.8, 4) is 11.3 Å². The Kier molecular flexibility index (Phi) is 6.68. The molecule has 182 valence electrons. The summed E-state index contributed by atoms with van der Waals surface area (Å²) in [5, 5.41) is 2.94. The Morgan fingerprint density at radius 2 is 1.77 bits per heavy atom. The lowest BCUT2D eigenvalue weighted by Crippen LogP contribution is -2.45. The Morgan fingerprint density at radius 1 is 0.943 bits per heavy atom. The topological polar surface area (TPSA) is 80.1 Å². The number of halogens is 2. The fraction of sp³-hybridized carbons (Fsp3) is 0.385. The van der Waals surface area contributed by atoms with Gasteiger partial charge in [-0.2, -0.15) is 0 Å². The van der Waals surface area contributed by atoms with E-state index in [2.05, 4.69) is 26.3 Å². The zero-order valence-electron chi connectivity index (χ0n) is 19.2. The molecule has 35 heavy (non-hydrogen) atoms. The van der Waals surface area contributed by atoms with E-state index in [1.165, 1.54) is 18.3 Å². The SMILES string of the molecule is O=C(N[C@@H]1CCN(C2CCC(c3ccccn3)CC2)C1)n1c(-c2ccc(F)c(F)c2)ccnc1=O. The number of hydrogen-bond acceptors (Lipinski definition) is 5. The summed E-state index contributed by atoms with van der Waals surface area (Å²) in [6.45, 7) is 1.59. The molecule has 5 rings (SSSR count). The molecular formula is C26H27F2N5O2. The largest absolute Gasteiger partial charge is 0.356 e. The summed E-state index contributed by atoms with van der Waals surface area (Å²) in [5.41, 5.74) is 0.768. The number of rotatable bonds is 4. The predicted molar refractivity (Wildman–Crippen MR) is 127 cm³/mol. The lowest BCUT2D eigenvalue weighted by molar-refractivity contribution is 0.177. The summed E-state index contributed by atoms with van der Waals surface area (Å²) >= 11 is 0. The van der Waals surface area contributed by atoms with E-state index in [-0.39, 0.29) is 17.3 Å². The molecule has 1 saturated carbocycles. The highest BCUT2D eigenvalue weighted by Gasteiger charge is 2.33. The second-order valence-electron chi connectivity index (χ2n) is 9.27. The van der Waals surface area contributed by atoms with E-state index in [4.69, 9.17) is 0 Å². The molecule has 7 nitrogen and oxygen atoms in total. The van der Waals surface area contributed by atoms with Crippen LogP contribution in [0.15, 0.2) is 59.7 Å². The number of aromatic nitrogens is 3. The van der Waals surface area contributed by atoms with Gasteiger partial charge in [0.1, 0.15) is 0 Å². The maximum atomic E-state index is 13.8. The van der Waals surface area contributed by atoms with Crippen LogP contribution in [-0.2, 0) is 0 Å². The first-order valence-electron chi connectivity index (χ1n) is 12.0. The van der Waals surface area contributed by atoms with Gasteiger partial charge < -0.3 is 5.32 Å². The molecule has 2 aromatic heterocycles. The van der Waals surface area contributed by atoms with Crippen molar-refractivity contribution >= 4 is 6.03 Å². The van der Waals surface area contributed by atoms with Crippen LogP contribution < -0.4 is 11.0 Å². The minimum Gasteiger partial charge on any atom is -0.333 e. The zero-order valence-corrected chi connectivity index (χ0v) is 19.2. The van der Waals surface area contributed by atoms with Gasteiger partial charge in [0.05, 0.1) is 5.69 Å². The second-order valence-corrected chi connectivity index (χ2v) is 9.27. The molecule has 1 atom stereocenters. The Bertz CT molecular complexity index is 1260. The van der Waals surface area contributed by atoms with Crippen LogP contribution in [0.25, 0.3) is 11.3 Å². The summed E-state index contributed by atoms with van der Waals surface area (Å²) < 4.78 is 28.0. The monoisotopic (exact) mass is 479 g/mol. The second kappa shape index (κ2) is 10.0. The first kappa shape index (κ1) is 23.3. The smallest absolute Gasteiger partial charge is 0.333 e. The van der Waals surface area contributed by atoms with Gasteiger partial charge in [-0.05, 0) is 68.5 Å². The fourth-order valence-corrected chi connectivity index (χ4v) is 5.31. The van der Waals surface area contributed by atoms with Crippen molar-refractivity contribution < 1.29 is 13.6 Å². The lowest BCUT2D eigenvalue weighted by atomic mass is 9.83. The number of nitrogens with zero attached hydrogens (tertiary/aromatic N) is 4. The van der Waals surface area contributed by atoms with Gasteiger partial charge in [-0.25, -0.2) is 27.9 Å². The predicted octanol–water partition coefficient (Wildman–Crippen LogP) is 3.94. The van der Waals surface area contributed by atoms with E-state index >= 15 is 0 Å². The van der Waals surface area contributed by atoms with Crippen molar-refractivity contribution in [2.24, 2.45) is 0 Å². The number of carbonyl (C=O) groups excluding carboxylic acids is 1. The number of benzene rings is 1. The molecule has 3 heterocycles. The highest BCUT2D eigenvalue weighted by Crippen LogP contribution is 2.34. The number of hydrogen-bond donors (Lipinski definition) is 1. The Balaban J connectivity index is 1.23. The average molecular weight is 480 g/mol. The van der Waals surface area contributed by atoms with Gasteiger partial charge in [0.2, 0.25) is 0 Å². The molecule has 0 unspecified atom stereocenters. The van der Waals surface area contributed by atoms with Crippen LogP contribution in [0.3, 0.4) is 0 Å². The third kappa shape index (κ3) is 5.00. The minimum atomic E-state index is -1.05. The summed E-state index contributed by atoms with van der Waals surface area (Å²) in [6, 6.07) is 10.5. The number of pyridine rings is 1. The molecule has 0 radical (unpaired) electrons. The summed E-state index contributed by atoms with van der Waals surface area (Å²) in [6.07, 6.45) is 8.24. The molecule has 1 saturated heterocycles. The van der Waals surface area contributed by atoms with Crippen LogP contribution in [-0.4, -0.2) is 50.6 Å². The summed E-state index contributed by atoms with van der Waals surface area (Å²) in [7, 11) is 0. The third-order valence-electron chi connectivity index (χ3n) is 7.13. The van der Waals surface area contributed by atoms with Crippen molar-refractivity contribution in [1.82, 2.24) is 24.8 Å². The van der Waals surface area contributed by atoms with Crippen molar-refractivity contribution in [3.05, 3.63) is 82.7 Å². The maximum Gasteiger partial charge on any atom is 0.356 e. The molecule has 1 aliphatic carbocycles. The number of carbonyl (C=O) groups is 1.